The van der Waals surface area contributed by atoms with Crippen molar-refractivity contribution in [2.24, 2.45) is 0 Å². The van der Waals surface area contributed by atoms with Crippen LogP contribution in [-0.2, 0) is 0 Å². The third kappa shape index (κ3) is 3.30. The highest BCUT2D eigenvalue weighted by Gasteiger charge is 2.11. The van der Waals surface area contributed by atoms with Gasteiger partial charge in [0.1, 0.15) is 5.82 Å². The minimum Gasteiger partial charge on any atom is -0.387 e. The van der Waals surface area contributed by atoms with E-state index in [-0.39, 0.29) is 17.9 Å². The van der Waals surface area contributed by atoms with Gasteiger partial charge in [0.25, 0.3) is 0 Å². The van der Waals surface area contributed by atoms with Crippen LogP contribution in [0, 0.1) is 24.4 Å². The van der Waals surface area contributed by atoms with E-state index in [0.29, 0.717) is 5.69 Å². The molecule has 2 nitrogen and oxygen atoms in total. The van der Waals surface area contributed by atoms with Gasteiger partial charge in [0.2, 0.25) is 0 Å². The van der Waals surface area contributed by atoms with Crippen LogP contribution in [-0.4, -0.2) is 11.7 Å². The Morgan fingerprint density at radius 3 is 2.50 bits per heavy atom. The Hall–Kier alpha value is -2.01. The summed E-state index contributed by atoms with van der Waals surface area (Å²) in [5.74, 6) is -2.36. The molecule has 2 rings (SSSR count). The molecule has 0 spiro atoms. The van der Waals surface area contributed by atoms with Gasteiger partial charge in [-0.25, -0.2) is 13.2 Å². The summed E-state index contributed by atoms with van der Waals surface area (Å²) >= 11 is 0. The van der Waals surface area contributed by atoms with Gasteiger partial charge in [-0.3, -0.25) is 0 Å². The molecule has 0 aliphatic heterocycles. The van der Waals surface area contributed by atoms with Gasteiger partial charge in [0, 0.05) is 12.2 Å². The summed E-state index contributed by atoms with van der Waals surface area (Å²) in [5.41, 5.74) is 1.63. The molecule has 2 N–H and O–H groups in total. The monoisotopic (exact) mass is 281 g/mol. The van der Waals surface area contributed by atoms with E-state index in [1.807, 2.05) is 0 Å². The topological polar surface area (TPSA) is 32.3 Å². The van der Waals surface area contributed by atoms with Crippen LogP contribution in [0.5, 0.6) is 0 Å². The van der Waals surface area contributed by atoms with Gasteiger partial charge in [-0.15, -0.1) is 0 Å². The molecule has 0 radical (unpaired) electrons. The molecule has 0 bridgehead atoms. The van der Waals surface area contributed by atoms with Crippen molar-refractivity contribution in [2.75, 3.05) is 11.9 Å². The van der Waals surface area contributed by atoms with Crippen LogP contribution in [0.1, 0.15) is 17.2 Å². The van der Waals surface area contributed by atoms with Crippen LogP contribution < -0.4 is 5.32 Å². The third-order valence-corrected chi connectivity index (χ3v) is 3.01. The van der Waals surface area contributed by atoms with Crippen LogP contribution >= 0.6 is 0 Å². The van der Waals surface area contributed by atoms with E-state index >= 15 is 0 Å². The van der Waals surface area contributed by atoms with Crippen molar-refractivity contribution in [2.45, 2.75) is 13.0 Å². The van der Waals surface area contributed by atoms with Crippen molar-refractivity contribution in [3.8, 4) is 0 Å². The quantitative estimate of drug-likeness (QED) is 0.898. The van der Waals surface area contributed by atoms with Crippen LogP contribution in [0.4, 0.5) is 18.9 Å². The van der Waals surface area contributed by atoms with Gasteiger partial charge in [-0.05, 0) is 42.3 Å². The maximum Gasteiger partial charge on any atom is 0.159 e. The Morgan fingerprint density at radius 2 is 1.80 bits per heavy atom. The van der Waals surface area contributed by atoms with E-state index in [1.165, 1.54) is 18.2 Å². The molecule has 2 aromatic carbocycles. The number of rotatable bonds is 4. The molecule has 106 valence electrons. The normalized spacial score (nSPS) is 12.2. The highest BCUT2D eigenvalue weighted by Crippen LogP contribution is 2.20. The fourth-order valence-electron chi connectivity index (χ4n) is 1.83. The van der Waals surface area contributed by atoms with Gasteiger partial charge in [0.05, 0.1) is 6.10 Å². The predicted molar refractivity (Wildman–Crippen MR) is 70.9 cm³/mol. The molecule has 0 aromatic heterocycles. The van der Waals surface area contributed by atoms with E-state index < -0.39 is 17.7 Å². The maximum absolute atomic E-state index is 13.1. The lowest BCUT2D eigenvalue weighted by Gasteiger charge is -2.15. The van der Waals surface area contributed by atoms with Crippen molar-refractivity contribution in [3.05, 3.63) is 65.0 Å². The molecular weight excluding hydrogens is 267 g/mol. The lowest BCUT2D eigenvalue weighted by atomic mass is 10.1. The van der Waals surface area contributed by atoms with Crippen LogP contribution in [0.15, 0.2) is 36.4 Å². The molecule has 0 saturated carbocycles. The van der Waals surface area contributed by atoms with Gasteiger partial charge in [0.15, 0.2) is 11.6 Å². The average molecular weight is 281 g/mol. The summed E-state index contributed by atoms with van der Waals surface area (Å²) in [5, 5.41) is 12.8. The Bertz CT molecular complexity index is 616. The zero-order chi connectivity index (χ0) is 14.7. The molecule has 5 heteroatoms. The highest BCUT2D eigenvalue weighted by molar-refractivity contribution is 5.50. The third-order valence-electron chi connectivity index (χ3n) is 3.01. The number of aliphatic hydroxyl groups excluding tert-OH is 1. The molecule has 0 aliphatic rings. The Labute approximate surface area is 114 Å². The van der Waals surface area contributed by atoms with Crippen LogP contribution in [0.25, 0.3) is 0 Å². The molecule has 0 amide bonds. The number of halogens is 3. The van der Waals surface area contributed by atoms with E-state index in [9.17, 15) is 18.3 Å². The number of nitrogens with one attached hydrogen (secondary N) is 1. The molecule has 1 unspecified atom stereocenters. The summed E-state index contributed by atoms with van der Waals surface area (Å²) in [4.78, 5) is 0. The fourth-order valence-corrected chi connectivity index (χ4v) is 1.83. The number of benzene rings is 2. The molecule has 0 fully saturated rings. The lowest BCUT2D eigenvalue weighted by molar-refractivity contribution is 0.191. The first-order valence-electron chi connectivity index (χ1n) is 6.10. The molecular formula is C15H14F3NO. The van der Waals surface area contributed by atoms with E-state index in [4.69, 9.17) is 0 Å². The summed E-state index contributed by atoms with van der Waals surface area (Å²) < 4.78 is 39.0. The minimum absolute atomic E-state index is 0.0648. The Morgan fingerprint density at radius 1 is 1.05 bits per heavy atom. The zero-order valence-electron chi connectivity index (χ0n) is 10.8. The second-order valence-corrected chi connectivity index (χ2v) is 4.53. The van der Waals surface area contributed by atoms with Gasteiger partial charge >= 0.3 is 0 Å². The molecule has 20 heavy (non-hydrogen) atoms. The minimum atomic E-state index is -1.02. The Balaban J connectivity index is 2.06. The number of aryl methyl sites for hydroxylation is 1. The Kier molecular flexibility index (Phi) is 4.29. The summed E-state index contributed by atoms with van der Waals surface area (Å²) in [6.45, 7) is 1.86. The van der Waals surface area contributed by atoms with Gasteiger partial charge < -0.3 is 10.4 Å². The largest absolute Gasteiger partial charge is 0.387 e. The van der Waals surface area contributed by atoms with Crippen LogP contribution in [0.3, 0.4) is 0 Å². The smallest absolute Gasteiger partial charge is 0.159 e. The van der Waals surface area contributed by atoms with Crippen molar-refractivity contribution in [1.82, 2.24) is 0 Å². The van der Waals surface area contributed by atoms with E-state index in [0.717, 1.165) is 17.7 Å². The highest BCUT2D eigenvalue weighted by atomic mass is 19.2. The van der Waals surface area contributed by atoms with Crippen molar-refractivity contribution in [3.63, 3.8) is 0 Å². The maximum atomic E-state index is 13.1. The standard InChI is InChI=1S/C15H14F3NO/c1-9-2-4-11(16)7-14(9)19-8-15(20)10-3-5-12(17)13(18)6-10/h2-7,15,19-20H,8H2,1H3. The summed E-state index contributed by atoms with van der Waals surface area (Å²) in [6.07, 6.45) is -1.02. The number of aliphatic hydroxyl groups is 1. The molecule has 2 aromatic rings. The number of hydrogen-bond acceptors (Lipinski definition) is 2. The molecule has 0 saturated heterocycles. The number of anilines is 1. The first kappa shape index (κ1) is 14.4. The molecule has 1 atom stereocenters. The first-order valence-corrected chi connectivity index (χ1v) is 6.10. The fraction of sp³-hybridized carbons (Fsp3) is 0.200. The first-order chi connectivity index (χ1) is 9.47. The zero-order valence-corrected chi connectivity index (χ0v) is 10.8. The SMILES string of the molecule is Cc1ccc(F)cc1NCC(O)c1ccc(F)c(F)c1. The molecule has 0 aliphatic carbocycles. The second-order valence-electron chi connectivity index (χ2n) is 4.53. The van der Waals surface area contributed by atoms with Gasteiger partial charge in [-0.1, -0.05) is 12.1 Å². The lowest BCUT2D eigenvalue weighted by Crippen LogP contribution is -2.13. The van der Waals surface area contributed by atoms with Crippen molar-refractivity contribution >= 4 is 5.69 Å². The van der Waals surface area contributed by atoms with Crippen molar-refractivity contribution in [1.29, 1.82) is 0 Å². The van der Waals surface area contributed by atoms with E-state index in [2.05, 4.69) is 5.32 Å². The second kappa shape index (κ2) is 5.96. The van der Waals surface area contributed by atoms with Crippen molar-refractivity contribution < 1.29 is 18.3 Å². The summed E-state index contributed by atoms with van der Waals surface area (Å²) in [7, 11) is 0. The molecule has 0 heterocycles. The van der Waals surface area contributed by atoms with Gasteiger partial charge in [-0.2, -0.15) is 0 Å². The number of hydrogen-bond donors (Lipinski definition) is 2. The van der Waals surface area contributed by atoms with Crippen LogP contribution in [0.2, 0.25) is 0 Å². The van der Waals surface area contributed by atoms with E-state index in [1.54, 1.807) is 13.0 Å². The predicted octanol–water partition coefficient (Wildman–Crippen LogP) is 3.56. The summed E-state index contributed by atoms with van der Waals surface area (Å²) in [6, 6.07) is 7.48. The average Bonchev–Trinajstić information content (AvgIpc) is 2.42.